The lowest BCUT2D eigenvalue weighted by atomic mass is 9.56. The summed E-state index contributed by atoms with van der Waals surface area (Å²) < 4.78 is 43.5. The van der Waals surface area contributed by atoms with Gasteiger partial charge in [0.15, 0.2) is 0 Å². The highest BCUT2D eigenvalue weighted by Crippen LogP contribution is 2.53. The molecule has 8 rings (SSSR count). The van der Waals surface area contributed by atoms with E-state index in [0.29, 0.717) is 55.9 Å². The number of aromatic nitrogens is 1. The number of ether oxygens (including phenoxy) is 2. The molecule has 49 heavy (non-hydrogen) atoms. The van der Waals surface area contributed by atoms with Gasteiger partial charge in [-0.15, -0.1) is 0 Å². The Morgan fingerprint density at radius 3 is 2.61 bits per heavy atom. The van der Waals surface area contributed by atoms with Crippen molar-refractivity contribution in [3.8, 4) is 5.75 Å². The zero-order valence-corrected chi connectivity index (χ0v) is 27.9. The highest BCUT2D eigenvalue weighted by atomic mass is 19.2. The van der Waals surface area contributed by atoms with E-state index in [-0.39, 0.29) is 36.2 Å². The number of rotatable bonds is 9. The van der Waals surface area contributed by atoms with Crippen LogP contribution in [-0.4, -0.2) is 102 Å². The summed E-state index contributed by atoms with van der Waals surface area (Å²) in [6.45, 7) is 3.11. The molecule has 2 spiro atoms. The molecule has 4 amide bonds. The Morgan fingerprint density at radius 1 is 1.10 bits per heavy atom. The number of nitrogens with one attached hydrogen (secondary N) is 2. The number of alkyl carbamates (subject to hydrolysis) is 1. The van der Waals surface area contributed by atoms with E-state index < -0.39 is 18.6 Å². The van der Waals surface area contributed by atoms with Crippen molar-refractivity contribution in [2.75, 3.05) is 45.9 Å². The molecule has 2 aromatic rings. The molecule has 11 nitrogen and oxygen atoms in total. The molecule has 260 valence electrons. The van der Waals surface area contributed by atoms with Crippen molar-refractivity contribution in [2.24, 2.45) is 11.3 Å². The van der Waals surface area contributed by atoms with Gasteiger partial charge < -0.3 is 47.8 Å². The third-order valence-corrected chi connectivity index (χ3v) is 11.2. The molecule has 1 aromatic carbocycles. The maximum absolute atomic E-state index is 15.7. The van der Waals surface area contributed by atoms with Gasteiger partial charge in [-0.25, -0.2) is 9.59 Å². The van der Waals surface area contributed by atoms with E-state index in [1.807, 2.05) is 36.1 Å². The summed E-state index contributed by atoms with van der Waals surface area (Å²) >= 11 is 0. The van der Waals surface area contributed by atoms with Crippen LogP contribution in [0.2, 0.25) is 0 Å². The van der Waals surface area contributed by atoms with E-state index in [0.717, 1.165) is 53.7 Å². The van der Waals surface area contributed by atoms with Crippen LogP contribution in [0.5, 0.6) is 5.75 Å². The second-order valence-electron chi connectivity index (χ2n) is 15.0. The van der Waals surface area contributed by atoms with Crippen molar-refractivity contribution < 1.29 is 32.5 Å². The van der Waals surface area contributed by atoms with Gasteiger partial charge in [0.25, 0.3) is 0 Å². The number of carbonyl (C=O) groups is 3. The molecule has 0 bridgehead atoms. The van der Waals surface area contributed by atoms with Crippen molar-refractivity contribution in [3.63, 3.8) is 0 Å². The first-order valence-electron chi connectivity index (χ1n) is 17.3. The van der Waals surface area contributed by atoms with E-state index in [1.54, 1.807) is 30.0 Å². The van der Waals surface area contributed by atoms with E-state index in [9.17, 15) is 14.4 Å². The Morgan fingerprint density at radius 2 is 1.86 bits per heavy atom. The molecule has 1 unspecified atom stereocenters. The summed E-state index contributed by atoms with van der Waals surface area (Å²) in [5.41, 5.74) is 3.27. The number of amides is 4. The molecule has 1 aliphatic carbocycles. The third-order valence-electron chi connectivity index (χ3n) is 11.2. The Kier molecular flexibility index (Phi) is 7.49. The van der Waals surface area contributed by atoms with Crippen LogP contribution < -0.4 is 15.4 Å². The molecule has 1 saturated carbocycles. The summed E-state index contributed by atoms with van der Waals surface area (Å²) in [5, 5.41) is 5.69. The lowest BCUT2D eigenvalue weighted by molar-refractivity contribution is -0.121. The van der Waals surface area contributed by atoms with Crippen molar-refractivity contribution in [3.05, 3.63) is 70.7 Å². The van der Waals surface area contributed by atoms with Gasteiger partial charge in [0.2, 0.25) is 5.91 Å². The lowest BCUT2D eigenvalue weighted by Gasteiger charge is -2.61. The maximum Gasteiger partial charge on any atom is 0.529 e. The summed E-state index contributed by atoms with van der Waals surface area (Å²) in [4.78, 5) is 41.8. The van der Waals surface area contributed by atoms with Crippen LogP contribution >= 0.6 is 0 Å². The van der Waals surface area contributed by atoms with Crippen molar-refractivity contribution in [1.29, 1.82) is 0 Å². The number of allylic oxidation sites excluding steroid dienone is 1. The van der Waals surface area contributed by atoms with Crippen LogP contribution in [0.3, 0.4) is 0 Å². The molecule has 0 radical (unpaired) electrons. The number of cyclic esters (lactones) is 1. The van der Waals surface area contributed by atoms with Crippen LogP contribution in [-0.2, 0) is 22.4 Å². The van der Waals surface area contributed by atoms with E-state index in [4.69, 9.17) is 9.47 Å². The fraction of sp³-hybridized carbons (Fsp3) is 0.514. The lowest BCUT2D eigenvalue weighted by Crippen LogP contribution is -2.74. The molecular weight excluding hydrogens is 633 g/mol. The minimum Gasteiger partial charge on any atom is -0.491 e. The standard InChI is InChI=1S/C35H42BF2N6O5/c1-23-13-24(2)43-29(23)15-28-8-7-27(44(28)36(43,37)38)9-10-31(45)39-11-12-48-30-6-4-3-5-26(30)14-25-16-34(17-25)18-41(19-34)33(47)42-20-35(21-42)22-49-32(46)40-35/h3-8,13,15,24-25H,9-12,14,16-22H2,1-2H3,(H,39,45)(H,40,46)/q-1. The molecule has 1 aromatic heterocycles. The molecule has 4 fully saturated rings. The molecule has 1 atom stereocenters. The predicted octanol–water partition coefficient (Wildman–Crippen LogP) is 4.01. The third kappa shape index (κ3) is 5.52. The second kappa shape index (κ2) is 11.6. The number of hydrogen-bond acceptors (Lipinski definition) is 6. The first-order valence-corrected chi connectivity index (χ1v) is 17.3. The quantitative estimate of drug-likeness (QED) is 0.308. The fourth-order valence-corrected chi connectivity index (χ4v) is 9.02. The Labute approximate surface area is 284 Å². The Bertz CT molecular complexity index is 1760. The SMILES string of the molecule is CC1=CC(C)N2C1=Cc1ccc(CCC(=O)NCCOc3ccccc3CC3CC4(C3)CN(C(=O)N3CC5(COC(=O)N5)C3)C4)n1[B-]2(F)F. The first-order chi connectivity index (χ1) is 23.4. The van der Waals surface area contributed by atoms with Crippen LogP contribution in [0, 0.1) is 11.3 Å². The van der Waals surface area contributed by atoms with Crippen LogP contribution in [0.15, 0.2) is 53.7 Å². The number of para-hydroxylation sites is 1. The number of carbonyl (C=O) groups excluding carboxylic acids is 3. The van der Waals surface area contributed by atoms with Gasteiger partial charge >= 0.3 is 19.1 Å². The zero-order chi connectivity index (χ0) is 34.1. The van der Waals surface area contributed by atoms with Gasteiger partial charge in [-0.05, 0) is 86.6 Å². The zero-order valence-electron chi connectivity index (χ0n) is 27.9. The number of benzene rings is 1. The molecule has 3 saturated heterocycles. The van der Waals surface area contributed by atoms with Gasteiger partial charge in [0.05, 0.1) is 19.6 Å². The van der Waals surface area contributed by atoms with Gasteiger partial charge in [-0.1, -0.05) is 24.3 Å². The van der Waals surface area contributed by atoms with Gasteiger partial charge in [-0.2, -0.15) is 0 Å². The second-order valence-corrected chi connectivity index (χ2v) is 15.0. The van der Waals surface area contributed by atoms with Crippen molar-refractivity contribution >= 4 is 31.1 Å². The van der Waals surface area contributed by atoms with Crippen molar-refractivity contribution in [1.82, 2.24) is 29.7 Å². The largest absolute Gasteiger partial charge is 0.529 e. The van der Waals surface area contributed by atoms with Gasteiger partial charge in [-0.3, -0.25) is 4.79 Å². The van der Waals surface area contributed by atoms with Crippen molar-refractivity contribution in [2.45, 2.75) is 57.5 Å². The first kappa shape index (κ1) is 31.8. The number of fused-ring (bicyclic) bond motifs is 2. The highest BCUT2D eigenvalue weighted by Gasteiger charge is 2.57. The Hall–Kier alpha value is -4.49. The molecule has 2 N–H and O–H groups in total. The van der Waals surface area contributed by atoms with E-state index in [1.165, 1.54) is 4.81 Å². The molecular formula is C35H42BF2N6O5-. The normalized spacial score (nSPS) is 23.8. The Balaban J connectivity index is 0.759. The number of hydrogen-bond donors (Lipinski definition) is 2. The van der Waals surface area contributed by atoms with Crippen LogP contribution in [0.25, 0.3) is 6.08 Å². The molecule has 6 heterocycles. The van der Waals surface area contributed by atoms with Crippen LogP contribution in [0.4, 0.5) is 18.2 Å². The minimum atomic E-state index is -4.01. The minimum absolute atomic E-state index is 0.0401. The number of urea groups is 1. The molecule has 5 aliphatic heterocycles. The maximum atomic E-state index is 15.7. The predicted molar refractivity (Wildman–Crippen MR) is 179 cm³/mol. The number of nitrogens with zero attached hydrogens (tertiary/aromatic N) is 4. The fourth-order valence-electron chi connectivity index (χ4n) is 9.02. The topological polar surface area (TPSA) is 108 Å². The average Bonchev–Trinajstić information content (AvgIpc) is 3.69. The number of halogens is 2. The highest BCUT2D eigenvalue weighted by molar-refractivity contribution is 6.63. The summed E-state index contributed by atoms with van der Waals surface area (Å²) in [5.74, 6) is 1.11. The smallest absolute Gasteiger partial charge is 0.491 e. The number of likely N-dealkylation sites (tertiary alicyclic amines) is 2. The molecule has 6 aliphatic rings. The summed E-state index contributed by atoms with van der Waals surface area (Å²) in [6, 6.07) is 11.0. The van der Waals surface area contributed by atoms with E-state index in [2.05, 4.69) is 16.7 Å². The monoisotopic (exact) mass is 675 g/mol. The summed E-state index contributed by atoms with van der Waals surface area (Å²) in [7, 11) is 0. The van der Waals surface area contributed by atoms with E-state index >= 15 is 8.63 Å². The van der Waals surface area contributed by atoms with Crippen LogP contribution in [0.1, 0.15) is 50.1 Å². The average molecular weight is 676 g/mol. The number of aryl methyl sites for hydroxylation is 1. The molecule has 14 heteroatoms. The summed E-state index contributed by atoms with van der Waals surface area (Å²) in [6.07, 6.45) is 6.60. The van der Waals surface area contributed by atoms with Gasteiger partial charge in [0, 0.05) is 42.4 Å². The van der Waals surface area contributed by atoms with Gasteiger partial charge in [0.1, 0.15) is 24.5 Å².